The van der Waals surface area contributed by atoms with Crippen LogP contribution in [0.25, 0.3) is 0 Å². The molecule has 0 saturated heterocycles. The van der Waals surface area contributed by atoms with Gasteiger partial charge in [-0.15, -0.1) is 0 Å². The monoisotopic (exact) mass is 300 g/mol. The van der Waals surface area contributed by atoms with Gasteiger partial charge in [0.05, 0.1) is 6.54 Å². The first-order valence-corrected chi connectivity index (χ1v) is 7.44. The van der Waals surface area contributed by atoms with Gasteiger partial charge in [0.2, 0.25) is 0 Å². The van der Waals surface area contributed by atoms with Crippen molar-refractivity contribution in [1.29, 1.82) is 0 Å². The summed E-state index contributed by atoms with van der Waals surface area (Å²) in [5.74, 6) is 1.65. The van der Waals surface area contributed by atoms with Gasteiger partial charge < -0.3 is 19.9 Å². The first-order chi connectivity index (χ1) is 10.7. The van der Waals surface area contributed by atoms with Crippen LogP contribution in [0.2, 0.25) is 0 Å². The molecule has 1 heterocycles. The van der Waals surface area contributed by atoms with E-state index in [0.29, 0.717) is 6.54 Å². The molecule has 118 valence electrons. The molecule has 0 bridgehead atoms. The van der Waals surface area contributed by atoms with Crippen LogP contribution >= 0.6 is 0 Å². The van der Waals surface area contributed by atoms with E-state index in [4.69, 9.17) is 4.74 Å². The zero-order chi connectivity index (χ0) is 15.8. The Hall–Kier alpha value is -2.43. The molecule has 22 heavy (non-hydrogen) atoms. The van der Waals surface area contributed by atoms with Crippen molar-refractivity contribution in [3.05, 3.63) is 54.4 Å². The maximum absolute atomic E-state index is 5.83. The summed E-state index contributed by atoms with van der Waals surface area (Å²) in [6.45, 7) is 3.46. The first-order valence-electron chi connectivity index (χ1n) is 7.44. The third-order valence-electron chi connectivity index (χ3n) is 3.21. The highest BCUT2D eigenvalue weighted by atomic mass is 16.5. The van der Waals surface area contributed by atoms with Crippen LogP contribution in [0.3, 0.4) is 0 Å². The Morgan fingerprint density at radius 3 is 2.64 bits per heavy atom. The molecule has 1 aromatic heterocycles. The summed E-state index contributed by atoms with van der Waals surface area (Å²) < 4.78 is 7.86. The predicted octanol–water partition coefficient (Wildman–Crippen LogP) is 2.16. The largest absolute Gasteiger partial charge is 0.489 e. The molecule has 1 aromatic carbocycles. The first kappa shape index (κ1) is 15.9. The van der Waals surface area contributed by atoms with E-state index in [1.807, 2.05) is 55.1 Å². The van der Waals surface area contributed by atoms with E-state index < -0.39 is 0 Å². The molecule has 0 aliphatic rings. The summed E-state index contributed by atoms with van der Waals surface area (Å²) in [5.41, 5.74) is 1.22. The van der Waals surface area contributed by atoms with Crippen LogP contribution in [0.1, 0.15) is 12.5 Å². The summed E-state index contributed by atoms with van der Waals surface area (Å²) in [7, 11) is 3.78. The molecule has 5 heteroatoms. The number of aromatic nitrogens is 1. The predicted molar refractivity (Wildman–Crippen MR) is 90.1 cm³/mol. The standard InChI is InChI=1S/C17H24N4O/c1-14(22-16-7-5-4-6-8-16)11-19-17(18-2)20-12-15-9-10-21(3)13-15/h4-10,13-14H,11-12H2,1-3H3,(H2,18,19,20). The van der Waals surface area contributed by atoms with Crippen LogP contribution in [0, 0.1) is 0 Å². The van der Waals surface area contributed by atoms with Gasteiger partial charge in [0.25, 0.3) is 0 Å². The fraction of sp³-hybridized carbons (Fsp3) is 0.353. The molecular weight excluding hydrogens is 276 g/mol. The van der Waals surface area contributed by atoms with Crippen molar-refractivity contribution in [2.24, 2.45) is 12.0 Å². The van der Waals surface area contributed by atoms with Gasteiger partial charge in [0.1, 0.15) is 11.9 Å². The number of para-hydroxylation sites is 1. The van der Waals surface area contributed by atoms with Gasteiger partial charge >= 0.3 is 0 Å². The zero-order valence-electron chi connectivity index (χ0n) is 13.4. The minimum Gasteiger partial charge on any atom is -0.489 e. The Kier molecular flexibility index (Phi) is 5.89. The van der Waals surface area contributed by atoms with Crippen LogP contribution in [-0.4, -0.2) is 30.2 Å². The lowest BCUT2D eigenvalue weighted by molar-refractivity contribution is 0.224. The number of hydrogen-bond acceptors (Lipinski definition) is 2. The van der Waals surface area contributed by atoms with Gasteiger partial charge in [-0.2, -0.15) is 0 Å². The summed E-state index contributed by atoms with van der Waals surface area (Å²) in [6.07, 6.45) is 4.17. The molecule has 0 aliphatic carbocycles. The lowest BCUT2D eigenvalue weighted by Gasteiger charge is -2.17. The topological polar surface area (TPSA) is 50.6 Å². The summed E-state index contributed by atoms with van der Waals surface area (Å²) in [4.78, 5) is 4.22. The second-order valence-electron chi connectivity index (χ2n) is 5.23. The lowest BCUT2D eigenvalue weighted by atomic mass is 10.3. The quantitative estimate of drug-likeness (QED) is 0.635. The molecule has 0 aliphatic heterocycles. The highest BCUT2D eigenvalue weighted by Gasteiger charge is 2.05. The second kappa shape index (κ2) is 8.12. The van der Waals surface area contributed by atoms with E-state index in [2.05, 4.69) is 27.9 Å². The fourth-order valence-electron chi connectivity index (χ4n) is 2.09. The number of aryl methyl sites for hydroxylation is 1. The maximum atomic E-state index is 5.83. The third-order valence-corrected chi connectivity index (χ3v) is 3.21. The van der Waals surface area contributed by atoms with E-state index in [0.717, 1.165) is 18.3 Å². The molecule has 5 nitrogen and oxygen atoms in total. The van der Waals surface area contributed by atoms with Crippen molar-refractivity contribution in [2.45, 2.75) is 19.6 Å². The number of nitrogens with zero attached hydrogens (tertiary/aromatic N) is 2. The van der Waals surface area contributed by atoms with Crippen molar-refractivity contribution >= 4 is 5.96 Å². The number of benzene rings is 1. The van der Waals surface area contributed by atoms with Gasteiger partial charge in [0.15, 0.2) is 5.96 Å². The average Bonchev–Trinajstić information content (AvgIpc) is 2.94. The third kappa shape index (κ3) is 5.16. The molecule has 0 amide bonds. The Labute approximate surface area is 132 Å². The zero-order valence-corrected chi connectivity index (χ0v) is 13.4. The number of aliphatic imine (C=N–C) groups is 1. The Morgan fingerprint density at radius 1 is 1.23 bits per heavy atom. The molecule has 0 fully saturated rings. The Morgan fingerprint density at radius 2 is 2.00 bits per heavy atom. The van der Waals surface area contributed by atoms with E-state index in [1.165, 1.54) is 5.56 Å². The van der Waals surface area contributed by atoms with Crippen molar-refractivity contribution in [2.75, 3.05) is 13.6 Å². The fourth-order valence-corrected chi connectivity index (χ4v) is 2.09. The molecule has 0 radical (unpaired) electrons. The normalized spacial score (nSPS) is 12.8. The highest BCUT2D eigenvalue weighted by molar-refractivity contribution is 5.79. The second-order valence-corrected chi connectivity index (χ2v) is 5.23. The van der Waals surface area contributed by atoms with E-state index >= 15 is 0 Å². The van der Waals surface area contributed by atoms with Gasteiger partial charge in [-0.3, -0.25) is 4.99 Å². The van der Waals surface area contributed by atoms with E-state index in [9.17, 15) is 0 Å². The number of rotatable bonds is 6. The molecule has 1 unspecified atom stereocenters. The van der Waals surface area contributed by atoms with Crippen molar-refractivity contribution < 1.29 is 4.74 Å². The minimum absolute atomic E-state index is 0.0534. The van der Waals surface area contributed by atoms with Gasteiger partial charge in [-0.05, 0) is 30.7 Å². The van der Waals surface area contributed by atoms with Crippen LogP contribution < -0.4 is 15.4 Å². The molecule has 0 saturated carbocycles. The molecule has 1 atom stereocenters. The molecule has 2 N–H and O–H groups in total. The van der Waals surface area contributed by atoms with Crippen molar-refractivity contribution in [1.82, 2.24) is 15.2 Å². The number of hydrogen-bond donors (Lipinski definition) is 2. The molecular formula is C17H24N4O. The molecule has 2 aromatic rings. The summed E-state index contributed by atoms with van der Waals surface area (Å²) >= 11 is 0. The number of nitrogens with one attached hydrogen (secondary N) is 2. The lowest BCUT2D eigenvalue weighted by Crippen LogP contribution is -2.41. The maximum Gasteiger partial charge on any atom is 0.191 e. The Bertz CT molecular complexity index is 592. The summed E-state index contributed by atoms with van der Waals surface area (Å²) in [5, 5.41) is 6.56. The van der Waals surface area contributed by atoms with Crippen LogP contribution in [-0.2, 0) is 13.6 Å². The van der Waals surface area contributed by atoms with Crippen LogP contribution in [0.15, 0.2) is 53.8 Å². The van der Waals surface area contributed by atoms with E-state index in [1.54, 1.807) is 7.05 Å². The number of ether oxygens (including phenoxy) is 1. The van der Waals surface area contributed by atoms with Gasteiger partial charge in [0, 0.05) is 33.0 Å². The SMILES string of the molecule is CN=C(NCc1ccn(C)c1)NCC(C)Oc1ccccc1. The van der Waals surface area contributed by atoms with Crippen LogP contribution in [0.4, 0.5) is 0 Å². The Balaban J connectivity index is 1.73. The number of guanidine groups is 1. The highest BCUT2D eigenvalue weighted by Crippen LogP contribution is 2.10. The summed E-state index contributed by atoms with van der Waals surface area (Å²) in [6, 6.07) is 11.9. The molecule has 0 spiro atoms. The van der Waals surface area contributed by atoms with Gasteiger partial charge in [-0.1, -0.05) is 18.2 Å². The van der Waals surface area contributed by atoms with Gasteiger partial charge in [-0.25, -0.2) is 0 Å². The van der Waals surface area contributed by atoms with Crippen LogP contribution in [0.5, 0.6) is 5.75 Å². The smallest absolute Gasteiger partial charge is 0.191 e. The van der Waals surface area contributed by atoms with Crippen molar-refractivity contribution in [3.63, 3.8) is 0 Å². The van der Waals surface area contributed by atoms with Crippen molar-refractivity contribution in [3.8, 4) is 5.75 Å². The molecule has 2 rings (SSSR count). The minimum atomic E-state index is 0.0534. The average molecular weight is 300 g/mol. The van der Waals surface area contributed by atoms with E-state index in [-0.39, 0.29) is 6.10 Å².